The van der Waals surface area contributed by atoms with Gasteiger partial charge in [0.25, 0.3) is 0 Å². The first-order chi connectivity index (χ1) is 30.6. The number of rotatable bonds is 10. The molecule has 0 amide bonds. The van der Waals surface area contributed by atoms with E-state index in [1.165, 1.54) is 12.7 Å². The van der Waals surface area contributed by atoms with E-state index < -0.39 is 0 Å². The van der Waals surface area contributed by atoms with E-state index in [-0.39, 0.29) is 0 Å². The van der Waals surface area contributed by atoms with Crippen LogP contribution in [0.4, 0.5) is 0 Å². The molecule has 8 heteroatoms. The van der Waals surface area contributed by atoms with E-state index in [4.69, 9.17) is 0 Å². The number of allylic oxidation sites excluding steroid dienone is 1. The number of hydrogen-bond acceptors (Lipinski definition) is 6. The third-order valence-corrected chi connectivity index (χ3v) is 11.1. The third kappa shape index (κ3) is 7.48. The average molecular weight is 799 g/mol. The number of benzene rings is 5. The molecule has 0 aliphatic carbocycles. The highest BCUT2D eigenvalue weighted by Crippen LogP contribution is 2.39. The van der Waals surface area contributed by atoms with Gasteiger partial charge in [0, 0.05) is 94.5 Å². The summed E-state index contributed by atoms with van der Waals surface area (Å²) in [5.41, 5.74) is 17.9. The molecule has 5 heterocycles. The van der Waals surface area contributed by atoms with Gasteiger partial charge < -0.3 is 4.57 Å². The van der Waals surface area contributed by atoms with Crippen LogP contribution in [-0.2, 0) is 0 Å². The Labute approximate surface area is 359 Å². The zero-order valence-electron chi connectivity index (χ0n) is 33.8. The lowest BCUT2D eigenvalue weighted by Crippen LogP contribution is -1.93. The number of nitrogens with zero attached hydrogens (tertiary/aromatic N) is 8. The quantitative estimate of drug-likeness (QED) is 0.101. The Morgan fingerprint density at radius 3 is 1.69 bits per heavy atom. The van der Waals surface area contributed by atoms with Crippen LogP contribution in [0.25, 0.3) is 99.8 Å². The number of aromatic nitrogens is 6. The molecule has 0 saturated heterocycles. The molecule has 0 aliphatic heterocycles. The van der Waals surface area contributed by atoms with E-state index >= 15 is 0 Å². The molecule has 0 saturated carbocycles. The van der Waals surface area contributed by atoms with Gasteiger partial charge in [0.1, 0.15) is 12.7 Å². The van der Waals surface area contributed by atoms with Gasteiger partial charge in [-0.3, -0.25) is 19.9 Å². The van der Waals surface area contributed by atoms with Gasteiger partial charge in [0.05, 0.1) is 11.0 Å². The fourth-order valence-electron chi connectivity index (χ4n) is 8.07. The second-order valence-corrected chi connectivity index (χ2v) is 15.1. The number of pyridine rings is 3. The summed E-state index contributed by atoms with van der Waals surface area (Å²) >= 11 is 0. The minimum atomic E-state index is 0.918. The van der Waals surface area contributed by atoms with Gasteiger partial charge in [0.15, 0.2) is 0 Å². The van der Waals surface area contributed by atoms with E-state index in [0.717, 1.165) is 105 Å². The highest BCUT2D eigenvalue weighted by molar-refractivity contribution is 6.10. The topological polar surface area (TPSA) is 94.1 Å². The maximum atomic E-state index is 4.60. The molecule has 5 aromatic carbocycles. The van der Waals surface area contributed by atoms with Crippen molar-refractivity contribution in [2.24, 2.45) is 9.98 Å². The van der Waals surface area contributed by atoms with Crippen LogP contribution < -0.4 is 0 Å². The predicted molar refractivity (Wildman–Crippen MR) is 254 cm³/mol. The predicted octanol–water partition coefficient (Wildman–Crippen LogP) is 12.9. The monoisotopic (exact) mass is 798 g/mol. The van der Waals surface area contributed by atoms with Crippen molar-refractivity contribution < 1.29 is 0 Å². The standard InChI is InChI=1S/C54H38N8/c1-36(26-59-34-55-2)45-23-46(28-57-27-45)39-10-6-8-37(18-39)42-20-43(38-9-7-11-40(19-38)47-24-48(30-58-29-47)49-31-60-35-61-32-49)22-44(21-42)41-14-15-53-51(25-41)52-33-56-17-16-54(52)62(53)50-12-4-3-5-13-50/h3-35H,2H2,1H3/b36-26+,59-34?. The van der Waals surface area contributed by atoms with E-state index in [0.29, 0.717) is 0 Å². The van der Waals surface area contributed by atoms with Crippen molar-refractivity contribution in [1.29, 1.82) is 0 Å². The van der Waals surface area contributed by atoms with Crippen LogP contribution in [0.5, 0.6) is 0 Å². The molecule has 0 fully saturated rings. The summed E-state index contributed by atoms with van der Waals surface area (Å²) in [6.07, 6.45) is 19.7. The second-order valence-electron chi connectivity index (χ2n) is 15.1. The maximum Gasteiger partial charge on any atom is 0.115 e. The molecule has 62 heavy (non-hydrogen) atoms. The van der Waals surface area contributed by atoms with Crippen molar-refractivity contribution in [2.45, 2.75) is 6.92 Å². The van der Waals surface area contributed by atoms with Gasteiger partial charge in [-0.1, -0.05) is 60.7 Å². The normalized spacial score (nSPS) is 11.7. The van der Waals surface area contributed by atoms with Gasteiger partial charge in [-0.2, -0.15) is 0 Å². The average Bonchev–Trinajstić information content (AvgIpc) is 3.68. The fraction of sp³-hybridized carbons (Fsp3) is 0.0185. The lowest BCUT2D eigenvalue weighted by molar-refractivity contribution is 1.17. The summed E-state index contributed by atoms with van der Waals surface area (Å²) < 4.78 is 2.32. The zero-order chi connectivity index (χ0) is 41.8. The molecule has 10 aromatic rings. The van der Waals surface area contributed by atoms with Crippen LogP contribution >= 0.6 is 0 Å². The number of para-hydroxylation sites is 1. The molecule has 0 unspecified atom stereocenters. The third-order valence-electron chi connectivity index (χ3n) is 11.1. The van der Waals surface area contributed by atoms with E-state index in [1.807, 2.05) is 62.6 Å². The SMILES string of the molecule is C=NC=N/C=C(\C)c1cncc(-c2cccc(-c3cc(-c4cccc(-c5cncc(-c6cncnc6)c5)c4)cc(-c4ccc5c(c4)c4cnccc4n5-c4ccccc4)c3)c2)c1. The molecule has 0 atom stereocenters. The van der Waals surface area contributed by atoms with Crippen LogP contribution in [0.3, 0.4) is 0 Å². The Morgan fingerprint density at radius 1 is 0.468 bits per heavy atom. The van der Waals surface area contributed by atoms with E-state index in [9.17, 15) is 0 Å². The van der Waals surface area contributed by atoms with Crippen molar-refractivity contribution >= 4 is 40.4 Å². The van der Waals surface area contributed by atoms with Crippen LogP contribution in [0.1, 0.15) is 12.5 Å². The van der Waals surface area contributed by atoms with Gasteiger partial charge >= 0.3 is 0 Å². The van der Waals surface area contributed by atoms with Gasteiger partial charge in [-0.05, 0) is 142 Å². The summed E-state index contributed by atoms with van der Waals surface area (Å²) in [6, 6.07) is 47.9. The number of aliphatic imine (C=N–C) groups is 2. The molecule has 8 nitrogen and oxygen atoms in total. The molecule has 0 radical (unpaired) electrons. The van der Waals surface area contributed by atoms with Crippen molar-refractivity contribution in [1.82, 2.24) is 29.5 Å². The van der Waals surface area contributed by atoms with Gasteiger partial charge in [-0.25, -0.2) is 15.0 Å². The molecular formula is C54H38N8. The first-order valence-corrected chi connectivity index (χ1v) is 20.2. The summed E-state index contributed by atoms with van der Waals surface area (Å²) in [6.45, 7) is 5.49. The summed E-state index contributed by atoms with van der Waals surface area (Å²) in [5, 5.41) is 2.25. The van der Waals surface area contributed by atoms with Crippen molar-refractivity contribution in [3.8, 4) is 72.4 Å². The first-order valence-electron chi connectivity index (χ1n) is 20.2. The molecule has 5 aromatic heterocycles. The maximum absolute atomic E-state index is 4.60. The molecule has 294 valence electrons. The Balaban J connectivity index is 1.11. The number of hydrogen-bond donors (Lipinski definition) is 0. The minimum Gasteiger partial charge on any atom is -0.309 e. The second kappa shape index (κ2) is 16.6. The molecule has 0 bridgehead atoms. The molecular weight excluding hydrogens is 761 g/mol. The Kier molecular flexibility index (Phi) is 10.1. The Bertz CT molecular complexity index is 3330. The number of fused-ring (bicyclic) bond motifs is 3. The van der Waals surface area contributed by atoms with Crippen molar-refractivity contribution in [3.63, 3.8) is 0 Å². The largest absolute Gasteiger partial charge is 0.309 e. The lowest BCUT2D eigenvalue weighted by Gasteiger charge is -2.14. The molecule has 10 rings (SSSR count). The van der Waals surface area contributed by atoms with Gasteiger partial charge in [-0.15, -0.1) is 0 Å². The highest BCUT2D eigenvalue weighted by atomic mass is 15.0. The zero-order valence-corrected chi connectivity index (χ0v) is 33.8. The highest BCUT2D eigenvalue weighted by Gasteiger charge is 2.16. The van der Waals surface area contributed by atoms with E-state index in [1.54, 1.807) is 6.20 Å². The van der Waals surface area contributed by atoms with Crippen LogP contribution in [-0.4, -0.2) is 42.5 Å². The first kappa shape index (κ1) is 37.8. The Morgan fingerprint density at radius 2 is 1.02 bits per heavy atom. The van der Waals surface area contributed by atoms with E-state index in [2.05, 4.69) is 174 Å². The van der Waals surface area contributed by atoms with Crippen molar-refractivity contribution in [2.75, 3.05) is 0 Å². The van der Waals surface area contributed by atoms with Crippen molar-refractivity contribution in [3.05, 3.63) is 201 Å². The summed E-state index contributed by atoms with van der Waals surface area (Å²) in [5.74, 6) is 0. The van der Waals surface area contributed by atoms with Gasteiger partial charge in [0.2, 0.25) is 0 Å². The molecule has 0 N–H and O–H groups in total. The Hall–Kier alpha value is -8.49. The lowest BCUT2D eigenvalue weighted by atomic mass is 9.91. The fourth-order valence-corrected chi connectivity index (χ4v) is 8.07. The minimum absolute atomic E-state index is 0.918. The van der Waals surface area contributed by atoms with Crippen LogP contribution in [0, 0.1) is 0 Å². The molecule has 0 aliphatic rings. The molecule has 0 spiro atoms. The van der Waals surface area contributed by atoms with Crippen LogP contribution in [0.15, 0.2) is 206 Å². The summed E-state index contributed by atoms with van der Waals surface area (Å²) in [4.78, 5) is 30.1. The smallest absolute Gasteiger partial charge is 0.115 e. The van der Waals surface area contributed by atoms with Crippen LogP contribution in [0.2, 0.25) is 0 Å². The summed E-state index contributed by atoms with van der Waals surface area (Å²) in [7, 11) is 0.